The Morgan fingerprint density at radius 2 is 1.84 bits per heavy atom. The van der Waals surface area contributed by atoms with Crippen molar-refractivity contribution in [3.8, 4) is 17.1 Å². The van der Waals surface area contributed by atoms with E-state index in [0.29, 0.717) is 21.4 Å². The maximum atomic E-state index is 13.7. The number of halogens is 2. The van der Waals surface area contributed by atoms with Crippen molar-refractivity contribution in [3.63, 3.8) is 0 Å². The van der Waals surface area contributed by atoms with E-state index in [1.54, 1.807) is 12.3 Å². The summed E-state index contributed by atoms with van der Waals surface area (Å²) in [6, 6.07) is 21.8. The van der Waals surface area contributed by atoms with Crippen molar-refractivity contribution in [3.05, 3.63) is 101 Å². The SMILES string of the molecule is Fc1ccc(-c2ccc([C@@H]3[C@@H](c4ccccn4)NC(=S)N3c3ccc(OC4CCCC4)cc3)o2)c(Br)c1. The van der Waals surface area contributed by atoms with Crippen LogP contribution in [0, 0.1) is 5.82 Å². The van der Waals surface area contributed by atoms with E-state index in [-0.39, 0.29) is 17.9 Å². The van der Waals surface area contributed by atoms with Crippen molar-refractivity contribution < 1.29 is 13.5 Å². The molecule has 1 aliphatic carbocycles. The first-order valence-electron chi connectivity index (χ1n) is 12.4. The van der Waals surface area contributed by atoms with Crippen LogP contribution in [0.15, 0.2) is 87.9 Å². The molecule has 0 amide bonds. The predicted molar refractivity (Wildman–Crippen MR) is 149 cm³/mol. The van der Waals surface area contributed by atoms with Gasteiger partial charge in [0.05, 0.1) is 17.8 Å². The van der Waals surface area contributed by atoms with Crippen LogP contribution in [0.4, 0.5) is 10.1 Å². The number of thiocarbonyl (C=S) groups is 1. The second-order valence-electron chi connectivity index (χ2n) is 9.34. The van der Waals surface area contributed by atoms with Crippen molar-refractivity contribution in [2.45, 2.75) is 43.9 Å². The molecule has 0 spiro atoms. The first-order chi connectivity index (χ1) is 18.1. The van der Waals surface area contributed by atoms with Crippen LogP contribution < -0.4 is 15.0 Å². The Labute approximate surface area is 228 Å². The van der Waals surface area contributed by atoms with Gasteiger partial charge in [-0.15, -0.1) is 0 Å². The van der Waals surface area contributed by atoms with E-state index >= 15 is 0 Å². The summed E-state index contributed by atoms with van der Waals surface area (Å²) >= 11 is 9.28. The van der Waals surface area contributed by atoms with E-state index in [9.17, 15) is 4.39 Å². The van der Waals surface area contributed by atoms with Gasteiger partial charge in [0.15, 0.2) is 5.11 Å². The summed E-state index contributed by atoms with van der Waals surface area (Å²) in [7, 11) is 0. The molecule has 37 heavy (non-hydrogen) atoms. The maximum Gasteiger partial charge on any atom is 0.174 e. The number of pyridine rings is 1. The van der Waals surface area contributed by atoms with Gasteiger partial charge in [-0.2, -0.15) is 0 Å². The van der Waals surface area contributed by atoms with E-state index in [1.807, 2.05) is 54.6 Å². The van der Waals surface area contributed by atoms with Gasteiger partial charge in [0.2, 0.25) is 0 Å². The molecule has 2 aromatic heterocycles. The monoisotopic (exact) mass is 577 g/mol. The molecule has 6 rings (SSSR count). The highest BCUT2D eigenvalue weighted by Crippen LogP contribution is 2.44. The van der Waals surface area contributed by atoms with Crippen LogP contribution in [-0.4, -0.2) is 16.2 Å². The average molecular weight is 579 g/mol. The lowest BCUT2D eigenvalue weighted by atomic mass is 10.0. The zero-order valence-electron chi connectivity index (χ0n) is 19.9. The first kappa shape index (κ1) is 24.1. The van der Waals surface area contributed by atoms with Gasteiger partial charge in [-0.3, -0.25) is 4.98 Å². The third-order valence-electron chi connectivity index (χ3n) is 6.93. The van der Waals surface area contributed by atoms with Crippen molar-refractivity contribution in [2.24, 2.45) is 0 Å². The Bertz CT molecular complexity index is 1410. The molecule has 2 aromatic carbocycles. The van der Waals surface area contributed by atoms with E-state index in [0.717, 1.165) is 41.3 Å². The van der Waals surface area contributed by atoms with Crippen molar-refractivity contribution in [1.29, 1.82) is 0 Å². The first-order valence-corrected chi connectivity index (χ1v) is 13.6. The lowest BCUT2D eigenvalue weighted by Crippen LogP contribution is -2.29. The Kier molecular flexibility index (Phi) is 6.69. The summed E-state index contributed by atoms with van der Waals surface area (Å²) in [5.74, 6) is 1.92. The lowest BCUT2D eigenvalue weighted by Gasteiger charge is -2.26. The highest BCUT2D eigenvalue weighted by atomic mass is 79.9. The lowest BCUT2D eigenvalue weighted by molar-refractivity contribution is 0.210. The minimum Gasteiger partial charge on any atom is -0.490 e. The smallest absolute Gasteiger partial charge is 0.174 e. The molecule has 1 saturated carbocycles. The van der Waals surface area contributed by atoms with Crippen molar-refractivity contribution in [1.82, 2.24) is 10.3 Å². The molecule has 1 N–H and O–H groups in total. The third kappa shape index (κ3) is 4.88. The summed E-state index contributed by atoms with van der Waals surface area (Å²) in [6.45, 7) is 0. The number of nitrogens with zero attached hydrogens (tertiary/aromatic N) is 2. The molecule has 4 aromatic rings. The topological polar surface area (TPSA) is 50.5 Å². The maximum absolute atomic E-state index is 13.7. The predicted octanol–water partition coefficient (Wildman–Crippen LogP) is 7.74. The molecule has 2 fully saturated rings. The molecule has 8 heteroatoms. The molecule has 5 nitrogen and oxygen atoms in total. The largest absolute Gasteiger partial charge is 0.490 e. The summed E-state index contributed by atoms with van der Waals surface area (Å²) in [4.78, 5) is 6.67. The third-order valence-corrected chi connectivity index (χ3v) is 7.90. The molecule has 2 atom stereocenters. The highest BCUT2D eigenvalue weighted by molar-refractivity contribution is 9.10. The summed E-state index contributed by atoms with van der Waals surface area (Å²) in [5.41, 5.74) is 2.57. The number of ether oxygens (including phenoxy) is 1. The van der Waals surface area contributed by atoms with Crippen molar-refractivity contribution in [2.75, 3.05) is 4.90 Å². The van der Waals surface area contributed by atoms with Crippen LogP contribution in [0.25, 0.3) is 11.3 Å². The number of nitrogens with one attached hydrogen (secondary N) is 1. The van der Waals surface area contributed by atoms with Gasteiger partial charge in [0.25, 0.3) is 0 Å². The second-order valence-corrected chi connectivity index (χ2v) is 10.6. The minimum absolute atomic E-state index is 0.223. The van der Waals surface area contributed by atoms with Crippen LogP contribution in [0.1, 0.15) is 49.2 Å². The van der Waals surface area contributed by atoms with Gasteiger partial charge in [-0.25, -0.2) is 4.39 Å². The molecule has 3 heterocycles. The number of benzene rings is 2. The van der Waals surface area contributed by atoms with Gasteiger partial charge in [0, 0.05) is 21.9 Å². The van der Waals surface area contributed by atoms with E-state index in [4.69, 9.17) is 21.4 Å². The van der Waals surface area contributed by atoms with Gasteiger partial charge >= 0.3 is 0 Å². The number of hydrogen-bond acceptors (Lipinski definition) is 4. The minimum atomic E-state index is -0.311. The van der Waals surface area contributed by atoms with Crippen molar-refractivity contribution >= 4 is 38.9 Å². The van der Waals surface area contributed by atoms with Crippen LogP contribution in [-0.2, 0) is 0 Å². The number of aromatic nitrogens is 1. The Morgan fingerprint density at radius 1 is 1.03 bits per heavy atom. The van der Waals surface area contributed by atoms with E-state index in [1.165, 1.54) is 25.0 Å². The van der Waals surface area contributed by atoms with Gasteiger partial charge in [0.1, 0.15) is 29.1 Å². The fraction of sp³-hybridized carbons (Fsp3) is 0.241. The van der Waals surface area contributed by atoms with Crippen LogP contribution in [0.2, 0.25) is 0 Å². The van der Waals surface area contributed by atoms with Crippen LogP contribution in [0.5, 0.6) is 5.75 Å². The molecule has 0 bridgehead atoms. The standard InChI is InChI=1S/C29H25BrFN3O2S/c30-23-17-18(31)8-13-22(23)25-14-15-26(36-25)28-27(24-7-3-4-16-32-24)33-29(37)34(28)19-9-11-21(12-10-19)35-20-5-1-2-6-20/h3-4,7-17,20,27-28H,1-2,5-6H2,(H,33,37)/t27-,28-/m1/s1. The summed E-state index contributed by atoms with van der Waals surface area (Å²) < 4.78 is 26.9. The molecule has 188 valence electrons. The number of hydrogen-bond donors (Lipinski definition) is 1. The molecule has 1 aliphatic heterocycles. The highest BCUT2D eigenvalue weighted by Gasteiger charge is 2.42. The Morgan fingerprint density at radius 3 is 2.57 bits per heavy atom. The molecule has 0 unspecified atom stereocenters. The van der Waals surface area contributed by atoms with Gasteiger partial charge in [-0.1, -0.05) is 6.07 Å². The van der Waals surface area contributed by atoms with Crippen LogP contribution >= 0.6 is 28.1 Å². The molecule has 2 aliphatic rings. The normalized spacial score (nSPS) is 19.8. The quantitative estimate of drug-likeness (QED) is 0.236. The zero-order valence-corrected chi connectivity index (χ0v) is 22.3. The number of furan rings is 1. The van der Waals surface area contributed by atoms with Gasteiger partial charge < -0.3 is 19.4 Å². The number of anilines is 1. The van der Waals surface area contributed by atoms with E-state index < -0.39 is 0 Å². The average Bonchev–Trinajstić information content (AvgIpc) is 3.66. The molecule has 1 saturated heterocycles. The fourth-order valence-corrected chi connectivity index (χ4v) is 6.04. The molecule has 0 radical (unpaired) electrons. The Balaban J connectivity index is 1.36. The van der Waals surface area contributed by atoms with E-state index in [2.05, 4.69) is 31.1 Å². The zero-order chi connectivity index (χ0) is 25.4. The molecular formula is C29H25BrFN3O2S. The number of rotatable bonds is 6. The van der Waals surface area contributed by atoms with Crippen LogP contribution in [0.3, 0.4) is 0 Å². The second kappa shape index (κ2) is 10.3. The van der Waals surface area contributed by atoms with Gasteiger partial charge in [-0.05, 0) is 121 Å². The summed E-state index contributed by atoms with van der Waals surface area (Å²) in [6.07, 6.45) is 6.76. The fourth-order valence-electron chi connectivity index (χ4n) is 5.15. The summed E-state index contributed by atoms with van der Waals surface area (Å²) in [5, 5.41) is 4.04. The molecular weight excluding hydrogens is 553 g/mol. The Hall–Kier alpha value is -3.23.